The number of unbranched alkanes of at least 4 members (excludes halogenated alkanes) is 9. The van der Waals surface area contributed by atoms with Crippen molar-refractivity contribution in [1.29, 1.82) is 0 Å². The van der Waals surface area contributed by atoms with Crippen LogP contribution in [-0.2, 0) is 19.1 Å². The first-order chi connectivity index (χ1) is 14.5. The van der Waals surface area contributed by atoms with Gasteiger partial charge in [0, 0.05) is 17.4 Å². The first kappa shape index (κ1) is 29.2. The molecule has 0 heterocycles. The van der Waals surface area contributed by atoms with Gasteiger partial charge >= 0.3 is 11.9 Å². The van der Waals surface area contributed by atoms with E-state index in [0.29, 0.717) is 12.2 Å². The van der Waals surface area contributed by atoms with Crippen LogP contribution in [0.3, 0.4) is 0 Å². The second kappa shape index (κ2) is 20.1. The van der Waals surface area contributed by atoms with Gasteiger partial charge in [-0.05, 0) is 19.3 Å². The van der Waals surface area contributed by atoms with E-state index in [1.54, 1.807) is 0 Å². The van der Waals surface area contributed by atoms with Crippen LogP contribution in [0.2, 0.25) is 0 Å². The molecule has 0 aliphatic carbocycles. The third-order valence-corrected chi connectivity index (χ3v) is 6.90. The van der Waals surface area contributed by atoms with Crippen LogP contribution < -0.4 is 5.73 Å². The van der Waals surface area contributed by atoms with E-state index in [-0.39, 0.29) is 11.2 Å². The molecule has 0 saturated heterocycles. The number of ether oxygens (including phenoxy) is 2. The molecule has 0 aromatic heterocycles. The predicted molar refractivity (Wildman–Crippen MR) is 125 cm³/mol. The van der Waals surface area contributed by atoms with Gasteiger partial charge in [0.25, 0.3) is 0 Å². The number of hydrogen-bond acceptors (Lipinski definition) is 7. The van der Waals surface area contributed by atoms with Crippen LogP contribution in [0, 0.1) is 0 Å². The molecule has 30 heavy (non-hydrogen) atoms. The van der Waals surface area contributed by atoms with Crippen molar-refractivity contribution in [3.05, 3.63) is 0 Å². The summed E-state index contributed by atoms with van der Waals surface area (Å²) in [6.45, 7) is 2.24. The van der Waals surface area contributed by atoms with Gasteiger partial charge in [0.15, 0.2) is 0 Å². The lowest BCUT2D eigenvalue weighted by molar-refractivity contribution is -0.142. The molecular weight excluding hydrogens is 402 g/mol. The Morgan fingerprint density at radius 3 is 2.00 bits per heavy atom. The number of thioether (sulfide) groups is 1. The SMILES string of the molecule is CCCCCCCCCCC[C@H](O)[C@H](CCCCC(=O)OC)SCC(N)C(=O)OC. The molecule has 0 bridgehead atoms. The summed E-state index contributed by atoms with van der Waals surface area (Å²) in [6.07, 6.45) is 14.3. The van der Waals surface area contributed by atoms with Crippen molar-refractivity contribution in [1.82, 2.24) is 0 Å². The highest BCUT2D eigenvalue weighted by Gasteiger charge is 2.22. The molecule has 1 unspecified atom stereocenters. The lowest BCUT2D eigenvalue weighted by Gasteiger charge is -2.23. The Morgan fingerprint density at radius 1 is 0.867 bits per heavy atom. The average molecular weight is 448 g/mol. The van der Waals surface area contributed by atoms with Gasteiger partial charge in [-0.15, -0.1) is 0 Å². The van der Waals surface area contributed by atoms with Crippen molar-refractivity contribution in [3.63, 3.8) is 0 Å². The molecular formula is C23H45NO5S. The maximum Gasteiger partial charge on any atom is 0.323 e. The summed E-state index contributed by atoms with van der Waals surface area (Å²) in [5.74, 6) is -0.217. The maximum absolute atomic E-state index is 11.5. The molecule has 0 spiro atoms. The molecule has 0 saturated carbocycles. The number of esters is 2. The van der Waals surface area contributed by atoms with Gasteiger partial charge in [0.05, 0.1) is 20.3 Å². The minimum Gasteiger partial charge on any atom is -0.469 e. The largest absolute Gasteiger partial charge is 0.469 e. The number of rotatable bonds is 20. The highest BCUT2D eigenvalue weighted by Crippen LogP contribution is 2.25. The van der Waals surface area contributed by atoms with Crippen LogP contribution in [0.5, 0.6) is 0 Å². The fraction of sp³-hybridized carbons (Fsp3) is 0.913. The number of aliphatic hydroxyl groups is 1. The summed E-state index contributed by atoms with van der Waals surface area (Å²) in [5, 5.41) is 10.7. The summed E-state index contributed by atoms with van der Waals surface area (Å²) in [6, 6.07) is -0.683. The van der Waals surface area contributed by atoms with Gasteiger partial charge in [-0.3, -0.25) is 9.59 Å². The second-order valence-electron chi connectivity index (χ2n) is 8.01. The summed E-state index contributed by atoms with van der Waals surface area (Å²) < 4.78 is 9.36. The van der Waals surface area contributed by atoms with Crippen molar-refractivity contribution in [3.8, 4) is 0 Å². The molecule has 178 valence electrons. The average Bonchev–Trinajstić information content (AvgIpc) is 2.76. The smallest absolute Gasteiger partial charge is 0.323 e. The molecule has 3 N–H and O–H groups in total. The quantitative estimate of drug-likeness (QED) is 0.208. The van der Waals surface area contributed by atoms with Crippen LogP contribution >= 0.6 is 11.8 Å². The van der Waals surface area contributed by atoms with Crippen LogP contribution in [0.4, 0.5) is 0 Å². The van der Waals surface area contributed by atoms with Gasteiger partial charge in [-0.1, -0.05) is 71.1 Å². The highest BCUT2D eigenvalue weighted by molar-refractivity contribution is 8.00. The van der Waals surface area contributed by atoms with Gasteiger partial charge < -0.3 is 20.3 Å². The zero-order valence-electron chi connectivity index (χ0n) is 19.4. The molecule has 0 amide bonds. The lowest BCUT2D eigenvalue weighted by Crippen LogP contribution is -2.35. The zero-order valence-corrected chi connectivity index (χ0v) is 20.2. The van der Waals surface area contributed by atoms with Crippen molar-refractivity contribution < 1.29 is 24.2 Å². The Labute approximate surface area is 188 Å². The van der Waals surface area contributed by atoms with Crippen LogP contribution in [0.1, 0.15) is 96.8 Å². The van der Waals surface area contributed by atoms with E-state index < -0.39 is 18.1 Å². The summed E-state index contributed by atoms with van der Waals surface area (Å²) in [7, 11) is 2.72. The van der Waals surface area contributed by atoms with E-state index in [2.05, 4.69) is 16.4 Å². The summed E-state index contributed by atoms with van der Waals surface area (Å²) >= 11 is 1.53. The standard InChI is InChI=1S/C23H45NO5S/c1-4-5-6-7-8-9-10-11-12-15-20(25)21(16-13-14-17-22(26)28-2)30-18-19(24)23(27)29-3/h19-21,25H,4-18,24H2,1-3H3/t19?,20-,21-/m0/s1. The van der Waals surface area contributed by atoms with E-state index in [1.165, 1.54) is 70.9 Å². The van der Waals surface area contributed by atoms with E-state index >= 15 is 0 Å². The minimum atomic E-state index is -0.683. The number of nitrogens with two attached hydrogens (primary N) is 1. The van der Waals surface area contributed by atoms with Crippen molar-refractivity contribution in [2.75, 3.05) is 20.0 Å². The predicted octanol–water partition coefficient (Wildman–Crippen LogP) is 4.60. The number of aliphatic hydroxyl groups excluding tert-OH is 1. The Kier molecular flexibility index (Phi) is 19.6. The van der Waals surface area contributed by atoms with E-state index in [4.69, 9.17) is 5.73 Å². The number of methoxy groups -OCH3 is 2. The third kappa shape index (κ3) is 16.0. The minimum absolute atomic E-state index is 0.00685. The van der Waals surface area contributed by atoms with Crippen LogP contribution in [0.15, 0.2) is 0 Å². The Bertz CT molecular complexity index is 436. The number of carbonyl (C=O) groups excluding carboxylic acids is 2. The molecule has 0 aliphatic rings. The molecule has 6 nitrogen and oxygen atoms in total. The molecule has 7 heteroatoms. The maximum atomic E-state index is 11.5. The van der Waals surface area contributed by atoms with Crippen molar-refractivity contribution in [2.45, 2.75) is 114 Å². The van der Waals surface area contributed by atoms with E-state index in [9.17, 15) is 14.7 Å². The first-order valence-corrected chi connectivity index (χ1v) is 12.7. The Morgan fingerprint density at radius 2 is 1.43 bits per heavy atom. The zero-order chi connectivity index (χ0) is 22.6. The molecule has 0 aliphatic heterocycles. The van der Waals surface area contributed by atoms with Crippen LogP contribution in [-0.4, -0.2) is 54.4 Å². The van der Waals surface area contributed by atoms with Crippen molar-refractivity contribution in [2.24, 2.45) is 5.73 Å². The number of carbonyl (C=O) groups is 2. The normalized spacial score (nSPS) is 14.2. The molecule has 0 aromatic carbocycles. The highest BCUT2D eigenvalue weighted by atomic mass is 32.2. The molecule has 0 fully saturated rings. The molecule has 3 atom stereocenters. The van der Waals surface area contributed by atoms with Crippen LogP contribution in [0.25, 0.3) is 0 Å². The second-order valence-corrected chi connectivity index (χ2v) is 9.28. The van der Waals surface area contributed by atoms with Gasteiger partial charge in [-0.25, -0.2) is 0 Å². The summed E-state index contributed by atoms with van der Waals surface area (Å²) in [5.41, 5.74) is 5.85. The monoisotopic (exact) mass is 447 g/mol. The van der Waals surface area contributed by atoms with Gasteiger partial charge in [0.1, 0.15) is 6.04 Å². The molecule has 0 aromatic rings. The lowest BCUT2D eigenvalue weighted by atomic mass is 10.0. The Hall–Kier alpha value is -0.790. The summed E-state index contributed by atoms with van der Waals surface area (Å²) in [4.78, 5) is 22.8. The van der Waals surface area contributed by atoms with Gasteiger partial charge in [0.2, 0.25) is 0 Å². The Balaban J connectivity index is 4.23. The van der Waals surface area contributed by atoms with E-state index in [0.717, 1.165) is 38.5 Å². The first-order valence-electron chi connectivity index (χ1n) is 11.7. The van der Waals surface area contributed by atoms with Crippen molar-refractivity contribution >= 4 is 23.7 Å². The number of hydrogen-bond donors (Lipinski definition) is 2. The van der Waals surface area contributed by atoms with Gasteiger partial charge in [-0.2, -0.15) is 11.8 Å². The van der Waals surface area contributed by atoms with E-state index in [1.807, 2.05) is 0 Å². The third-order valence-electron chi connectivity index (χ3n) is 5.37. The fourth-order valence-electron chi connectivity index (χ4n) is 3.40. The fourth-order valence-corrected chi connectivity index (χ4v) is 4.68. The topological polar surface area (TPSA) is 98.9 Å². The molecule has 0 radical (unpaired) electrons. The molecule has 0 rings (SSSR count).